The van der Waals surface area contributed by atoms with Gasteiger partial charge >= 0.3 is 0 Å². The van der Waals surface area contributed by atoms with Gasteiger partial charge in [-0.05, 0) is 19.9 Å². The van der Waals surface area contributed by atoms with E-state index in [1.54, 1.807) is 4.68 Å². The molecule has 0 aliphatic heterocycles. The second-order valence-electron chi connectivity index (χ2n) is 3.69. The summed E-state index contributed by atoms with van der Waals surface area (Å²) in [4.78, 5) is 0. The Kier molecular flexibility index (Phi) is 2.71. The summed E-state index contributed by atoms with van der Waals surface area (Å²) in [5.74, 6) is 0. The number of nitrogens with two attached hydrogens (primary N) is 1. The molecule has 0 saturated carbocycles. The molecule has 1 unspecified atom stereocenters. The second kappa shape index (κ2) is 3.46. The van der Waals surface area contributed by atoms with Gasteiger partial charge in [0.25, 0.3) is 0 Å². The van der Waals surface area contributed by atoms with Crippen molar-refractivity contribution < 1.29 is 4.39 Å². The highest BCUT2D eigenvalue weighted by Crippen LogP contribution is 2.16. The molecule has 0 saturated heterocycles. The summed E-state index contributed by atoms with van der Waals surface area (Å²) in [5.41, 5.74) is 5.76. The van der Waals surface area contributed by atoms with Crippen molar-refractivity contribution in [2.45, 2.75) is 25.9 Å². The van der Waals surface area contributed by atoms with Gasteiger partial charge < -0.3 is 5.73 Å². The number of aromatic nitrogens is 2. The summed E-state index contributed by atoms with van der Waals surface area (Å²) < 4.78 is 15.2. The molecule has 1 heterocycles. The van der Waals surface area contributed by atoms with Gasteiger partial charge in [-0.3, -0.25) is 4.68 Å². The molecular weight excluding hydrogens is 169 g/mol. The van der Waals surface area contributed by atoms with Crippen LogP contribution in [0.3, 0.4) is 0 Å². The lowest BCUT2D eigenvalue weighted by Crippen LogP contribution is -2.32. The van der Waals surface area contributed by atoms with Gasteiger partial charge in [0.2, 0.25) is 0 Å². The lowest BCUT2D eigenvalue weighted by Gasteiger charge is -2.17. The van der Waals surface area contributed by atoms with Crippen LogP contribution >= 0.6 is 0 Å². The molecule has 0 aliphatic carbocycles. The first-order valence-electron chi connectivity index (χ1n) is 4.33. The minimum atomic E-state index is -1.33. The van der Waals surface area contributed by atoms with Crippen molar-refractivity contribution in [2.24, 2.45) is 12.8 Å². The van der Waals surface area contributed by atoms with Crippen LogP contribution in [0.4, 0.5) is 4.39 Å². The molecule has 0 fully saturated rings. The Morgan fingerprint density at radius 3 is 2.69 bits per heavy atom. The van der Waals surface area contributed by atoms with Crippen LogP contribution in [-0.2, 0) is 13.5 Å². The van der Waals surface area contributed by atoms with Crippen LogP contribution in [0.5, 0.6) is 0 Å². The van der Waals surface area contributed by atoms with Crippen LogP contribution in [0.2, 0.25) is 0 Å². The molecule has 2 N–H and O–H groups in total. The Hall–Kier alpha value is -0.900. The number of hydrogen-bond acceptors (Lipinski definition) is 2. The van der Waals surface area contributed by atoms with Crippen LogP contribution in [0.25, 0.3) is 0 Å². The van der Waals surface area contributed by atoms with Gasteiger partial charge in [-0.15, -0.1) is 0 Å². The van der Waals surface area contributed by atoms with Crippen molar-refractivity contribution in [3.63, 3.8) is 0 Å². The summed E-state index contributed by atoms with van der Waals surface area (Å²) in [7, 11) is 1.81. The molecule has 0 aliphatic rings. The van der Waals surface area contributed by atoms with E-state index in [1.165, 1.54) is 6.92 Å². The number of nitrogens with zero attached hydrogens (tertiary/aromatic N) is 2. The molecule has 0 bridgehead atoms. The van der Waals surface area contributed by atoms with Gasteiger partial charge in [-0.2, -0.15) is 5.10 Å². The zero-order chi connectivity index (χ0) is 10.1. The maximum atomic E-state index is 13.5. The number of aryl methyl sites for hydroxylation is 2. The topological polar surface area (TPSA) is 43.8 Å². The molecular formula is C9H16FN3. The Balaban J connectivity index is 2.79. The molecule has 1 aromatic heterocycles. The quantitative estimate of drug-likeness (QED) is 0.762. The van der Waals surface area contributed by atoms with E-state index in [1.807, 2.05) is 20.0 Å². The van der Waals surface area contributed by atoms with Crippen molar-refractivity contribution in [3.8, 4) is 0 Å². The molecule has 74 valence electrons. The molecule has 1 aromatic rings. The second-order valence-corrected chi connectivity index (χ2v) is 3.69. The van der Waals surface area contributed by atoms with Gasteiger partial charge in [0.1, 0.15) is 5.67 Å². The summed E-state index contributed by atoms with van der Waals surface area (Å²) in [5, 5.41) is 4.14. The molecule has 0 aromatic carbocycles. The maximum Gasteiger partial charge on any atom is 0.125 e. The monoisotopic (exact) mass is 185 g/mol. The van der Waals surface area contributed by atoms with Gasteiger partial charge in [0.05, 0.1) is 5.69 Å². The highest BCUT2D eigenvalue weighted by Gasteiger charge is 2.23. The molecule has 1 atom stereocenters. The minimum absolute atomic E-state index is 0.0389. The Bertz CT molecular complexity index is 291. The van der Waals surface area contributed by atoms with Gasteiger partial charge in [0.15, 0.2) is 0 Å². The lowest BCUT2D eigenvalue weighted by molar-refractivity contribution is 0.196. The van der Waals surface area contributed by atoms with Gasteiger partial charge in [-0.1, -0.05) is 0 Å². The number of halogens is 1. The third-order valence-corrected chi connectivity index (χ3v) is 2.07. The number of hydrogen-bond donors (Lipinski definition) is 1. The van der Waals surface area contributed by atoms with E-state index in [2.05, 4.69) is 5.10 Å². The Morgan fingerprint density at radius 2 is 2.31 bits per heavy atom. The van der Waals surface area contributed by atoms with Crippen molar-refractivity contribution in [1.82, 2.24) is 9.78 Å². The SMILES string of the molecule is Cc1cc(CC(C)(F)CN)n(C)n1. The molecule has 0 radical (unpaired) electrons. The summed E-state index contributed by atoms with van der Waals surface area (Å²) >= 11 is 0. The fraction of sp³-hybridized carbons (Fsp3) is 0.667. The van der Waals surface area contributed by atoms with Crippen molar-refractivity contribution in [3.05, 3.63) is 17.5 Å². The van der Waals surface area contributed by atoms with Crippen LogP contribution in [-0.4, -0.2) is 22.0 Å². The van der Waals surface area contributed by atoms with E-state index in [-0.39, 0.29) is 6.54 Å². The van der Waals surface area contributed by atoms with Crippen molar-refractivity contribution in [2.75, 3.05) is 6.54 Å². The van der Waals surface area contributed by atoms with E-state index >= 15 is 0 Å². The third-order valence-electron chi connectivity index (χ3n) is 2.07. The fourth-order valence-electron chi connectivity index (χ4n) is 1.28. The van der Waals surface area contributed by atoms with Crippen molar-refractivity contribution in [1.29, 1.82) is 0 Å². The predicted octanol–water partition coefficient (Wildman–Crippen LogP) is 0.958. The van der Waals surface area contributed by atoms with Crippen LogP contribution < -0.4 is 5.73 Å². The zero-order valence-corrected chi connectivity index (χ0v) is 8.34. The number of alkyl halides is 1. The Morgan fingerprint density at radius 1 is 1.69 bits per heavy atom. The highest BCUT2D eigenvalue weighted by atomic mass is 19.1. The fourth-order valence-corrected chi connectivity index (χ4v) is 1.28. The maximum absolute atomic E-state index is 13.5. The summed E-state index contributed by atoms with van der Waals surface area (Å²) in [6.45, 7) is 3.44. The first-order chi connectivity index (χ1) is 5.94. The van der Waals surface area contributed by atoms with E-state index in [4.69, 9.17) is 5.73 Å². The molecule has 0 spiro atoms. The first-order valence-corrected chi connectivity index (χ1v) is 4.33. The van der Waals surface area contributed by atoms with E-state index in [0.717, 1.165) is 11.4 Å². The molecule has 4 heteroatoms. The smallest absolute Gasteiger partial charge is 0.125 e. The average molecular weight is 185 g/mol. The molecule has 3 nitrogen and oxygen atoms in total. The third kappa shape index (κ3) is 2.52. The van der Waals surface area contributed by atoms with Gasteiger partial charge in [-0.25, -0.2) is 4.39 Å². The highest BCUT2D eigenvalue weighted by molar-refractivity contribution is 5.11. The Labute approximate surface area is 77.7 Å². The predicted molar refractivity (Wildman–Crippen MR) is 50.2 cm³/mol. The van der Waals surface area contributed by atoms with Crippen LogP contribution in [0.1, 0.15) is 18.3 Å². The van der Waals surface area contributed by atoms with E-state index in [9.17, 15) is 4.39 Å². The number of rotatable bonds is 3. The molecule has 13 heavy (non-hydrogen) atoms. The van der Waals surface area contributed by atoms with E-state index < -0.39 is 5.67 Å². The largest absolute Gasteiger partial charge is 0.328 e. The average Bonchev–Trinajstić information content (AvgIpc) is 2.30. The standard InChI is InChI=1S/C9H16FN3/c1-7-4-8(13(3)12-7)5-9(2,10)6-11/h4H,5-6,11H2,1-3H3. The molecule has 1 rings (SSSR count). The first kappa shape index (κ1) is 10.2. The summed E-state index contributed by atoms with van der Waals surface area (Å²) in [6, 6.07) is 1.88. The normalized spacial score (nSPS) is 15.8. The molecule has 0 amide bonds. The van der Waals surface area contributed by atoms with Crippen molar-refractivity contribution >= 4 is 0 Å². The van der Waals surface area contributed by atoms with Crippen LogP contribution in [0.15, 0.2) is 6.07 Å². The van der Waals surface area contributed by atoms with Crippen LogP contribution in [0, 0.1) is 6.92 Å². The minimum Gasteiger partial charge on any atom is -0.328 e. The zero-order valence-electron chi connectivity index (χ0n) is 8.34. The van der Waals surface area contributed by atoms with E-state index in [0.29, 0.717) is 6.42 Å². The van der Waals surface area contributed by atoms with Gasteiger partial charge in [0, 0.05) is 25.7 Å². The lowest BCUT2D eigenvalue weighted by atomic mass is 10.0. The summed E-state index contributed by atoms with van der Waals surface area (Å²) in [6.07, 6.45) is 0.320.